The zero-order valence-corrected chi connectivity index (χ0v) is 10.3. The maximum atomic E-state index is 11.0. The van der Waals surface area contributed by atoms with Crippen LogP contribution in [0.15, 0.2) is 24.3 Å². The Morgan fingerprint density at radius 1 is 1.25 bits per heavy atom. The molecule has 1 aromatic carbocycles. The van der Waals surface area contributed by atoms with Crippen molar-refractivity contribution in [1.82, 2.24) is 0 Å². The SMILES string of the molecule is COC(=O)Nc1ccc(CC(C)(C)C)cc1. The van der Waals surface area contributed by atoms with Crippen molar-refractivity contribution >= 4 is 11.8 Å². The smallest absolute Gasteiger partial charge is 0.411 e. The van der Waals surface area contributed by atoms with Crippen LogP contribution in [0.1, 0.15) is 26.3 Å². The largest absolute Gasteiger partial charge is 0.453 e. The number of nitrogens with one attached hydrogen (secondary N) is 1. The van der Waals surface area contributed by atoms with Crippen LogP contribution < -0.4 is 5.32 Å². The summed E-state index contributed by atoms with van der Waals surface area (Å²) in [5.74, 6) is 0. The maximum absolute atomic E-state index is 11.0. The van der Waals surface area contributed by atoms with Gasteiger partial charge in [0.2, 0.25) is 0 Å². The Bertz CT molecular complexity index is 349. The molecule has 88 valence electrons. The lowest BCUT2D eigenvalue weighted by atomic mass is 9.88. The average molecular weight is 221 g/mol. The van der Waals surface area contributed by atoms with Crippen molar-refractivity contribution in [3.05, 3.63) is 29.8 Å². The minimum absolute atomic E-state index is 0.275. The molecule has 0 aromatic heterocycles. The van der Waals surface area contributed by atoms with Crippen molar-refractivity contribution in [2.24, 2.45) is 5.41 Å². The Hall–Kier alpha value is -1.51. The molecule has 0 atom stereocenters. The number of benzene rings is 1. The summed E-state index contributed by atoms with van der Waals surface area (Å²) in [6, 6.07) is 7.82. The summed E-state index contributed by atoms with van der Waals surface area (Å²) in [5, 5.41) is 2.62. The fourth-order valence-corrected chi connectivity index (χ4v) is 1.49. The highest BCUT2D eigenvalue weighted by atomic mass is 16.5. The van der Waals surface area contributed by atoms with Crippen molar-refractivity contribution in [2.45, 2.75) is 27.2 Å². The third-order valence-corrected chi connectivity index (χ3v) is 2.12. The standard InChI is InChI=1S/C13H19NO2/c1-13(2,3)9-10-5-7-11(8-6-10)14-12(15)16-4/h5-8H,9H2,1-4H3,(H,14,15). The van der Waals surface area contributed by atoms with E-state index in [4.69, 9.17) is 0 Å². The molecular weight excluding hydrogens is 202 g/mol. The lowest BCUT2D eigenvalue weighted by molar-refractivity contribution is 0.187. The van der Waals surface area contributed by atoms with E-state index in [2.05, 4.69) is 30.8 Å². The van der Waals surface area contributed by atoms with Crippen LogP contribution in [0.4, 0.5) is 10.5 Å². The van der Waals surface area contributed by atoms with Gasteiger partial charge in [0.05, 0.1) is 7.11 Å². The van der Waals surface area contributed by atoms with Gasteiger partial charge in [-0.15, -0.1) is 0 Å². The van der Waals surface area contributed by atoms with Crippen LogP contribution in [-0.2, 0) is 11.2 Å². The molecule has 0 fully saturated rings. The molecule has 3 heteroatoms. The normalized spacial score (nSPS) is 11.0. The first-order valence-electron chi connectivity index (χ1n) is 5.34. The third-order valence-electron chi connectivity index (χ3n) is 2.12. The number of methoxy groups -OCH3 is 1. The van der Waals surface area contributed by atoms with Crippen molar-refractivity contribution in [1.29, 1.82) is 0 Å². The molecule has 1 aromatic rings. The predicted octanol–water partition coefficient (Wildman–Crippen LogP) is 3.45. The predicted molar refractivity (Wildman–Crippen MR) is 65.6 cm³/mol. The van der Waals surface area contributed by atoms with E-state index in [9.17, 15) is 4.79 Å². The highest BCUT2D eigenvalue weighted by molar-refractivity contribution is 5.84. The summed E-state index contributed by atoms with van der Waals surface area (Å²) in [6.45, 7) is 6.61. The van der Waals surface area contributed by atoms with Crippen LogP contribution in [0, 0.1) is 5.41 Å². The van der Waals surface area contributed by atoms with E-state index in [1.54, 1.807) is 0 Å². The second-order valence-corrected chi connectivity index (χ2v) is 5.05. The van der Waals surface area contributed by atoms with Crippen LogP contribution in [0.2, 0.25) is 0 Å². The zero-order valence-electron chi connectivity index (χ0n) is 10.3. The summed E-state index contributed by atoms with van der Waals surface area (Å²) >= 11 is 0. The average Bonchev–Trinajstić information content (AvgIpc) is 2.18. The van der Waals surface area contributed by atoms with Crippen LogP contribution in [-0.4, -0.2) is 13.2 Å². The molecule has 1 amide bonds. The number of anilines is 1. The second-order valence-electron chi connectivity index (χ2n) is 5.05. The minimum atomic E-state index is -0.441. The van der Waals surface area contributed by atoms with E-state index < -0.39 is 6.09 Å². The Balaban J connectivity index is 2.64. The number of ether oxygens (including phenoxy) is 1. The van der Waals surface area contributed by atoms with Gasteiger partial charge in [-0.2, -0.15) is 0 Å². The highest BCUT2D eigenvalue weighted by Crippen LogP contribution is 2.21. The molecule has 0 heterocycles. The van der Waals surface area contributed by atoms with Gasteiger partial charge in [0.1, 0.15) is 0 Å². The fraction of sp³-hybridized carbons (Fsp3) is 0.462. The molecule has 16 heavy (non-hydrogen) atoms. The summed E-state index contributed by atoms with van der Waals surface area (Å²) in [6.07, 6.45) is 0.578. The first kappa shape index (κ1) is 12.6. The van der Waals surface area contributed by atoms with Gasteiger partial charge < -0.3 is 4.74 Å². The van der Waals surface area contributed by atoms with E-state index in [-0.39, 0.29) is 5.41 Å². The number of rotatable bonds is 2. The van der Waals surface area contributed by atoms with Crippen LogP contribution in [0.25, 0.3) is 0 Å². The first-order valence-corrected chi connectivity index (χ1v) is 5.34. The van der Waals surface area contributed by atoms with Gasteiger partial charge in [-0.1, -0.05) is 32.9 Å². The van der Waals surface area contributed by atoms with Gasteiger partial charge in [-0.3, -0.25) is 5.32 Å². The first-order chi connectivity index (χ1) is 7.40. The van der Waals surface area contributed by atoms with Crippen molar-refractivity contribution in [2.75, 3.05) is 12.4 Å². The van der Waals surface area contributed by atoms with Crippen molar-refractivity contribution in [3.8, 4) is 0 Å². The van der Waals surface area contributed by atoms with Crippen molar-refractivity contribution in [3.63, 3.8) is 0 Å². The molecule has 0 spiro atoms. The molecule has 0 aliphatic carbocycles. The highest BCUT2D eigenvalue weighted by Gasteiger charge is 2.11. The quantitative estimate of drug-likeness (QED) is 0.830. The minimum Gasteiger partial charge on any atom is -0.453 e. The number of hydrogen-bond acceptors (Lipinski definition) is 2. The zero-order chi connectivity index (χ0) is 12.2. The van der Waals surface area contributed by atoms with E-state index in [1.165, 1.54) is 12.7 Å². The number of amides is 1. The maximum Gasteiger partial charge on any atom is 0.411 e. The molecule has 0 unspecified atom stereocenters. The van der Waals surface area contributed by atoms with E-state index >= 15 is 0 Å². The van der Waals surface area contributed by atoms with E-state index in [0.29, 0.717) is 0 Å². The number of hydrogen-bond donors (Lipinski definition) is 1. The number of carbonyl (C=O) groups is 1. The van der Waals surface area contributed by atoms with E-state index in [0.717, 1.165) is 12.1 Å². The topological polar surface area (TPSA) is 38.3 Å². The Labute approximate surface area is 96.8 Å². The molecule has 1 N–H and O–H groups in total. The third kappa shape index (κ3) is 4.34. The molecule has 1 rings (SSSR count). The summed E-state index contributed by atoms with van der Waals surface area (Å²) in [4.78, 5) is 11.0. The molecule has 0 aliphatic rings. The van der Waals surface area contributed by atoms with Gasteiger partial charge in [0.15, 0.2) is 0 Å². The Morgan fingerprint density at radius 3 is 2.25 bits per heavy atom. The van der Waals surface area contributed by atoms with Crippen LogP contribution in [0.5, 0.6) is 0 Å². The molecule has 0 saturated carbocycles. The lowest BCUT2D eigenvalue weighted by Gasteiger charge is -2.18. The monoisotopic (exact) mass is 221 g/mol. The lowest BCUT2D eigenvalue weighted by Crippen LogP contribution is -2.11. The Kier molecular flexibility index (Phi) is 3.93. The Morgan fingerprint density at radius 2 is 1.81 bits per heavy atom. The molecule has 0 bridgehead atoms. The molecular formula is C13H19NO2. The molecule has 0 saturated heterocycles. The summed E-state index contributed by atoms with van der Waals surface area (Å²) < 4.78 is 4.51. The van der Waals surface area contributed by atoms with Gasteiger partial charge in [0, 0.05) is 5.69 Å². The number of carbonyl (C=O) groups excluding carboxylic acids is 1. The molecule has 0 aliphatic heterocycles. The van der Waals surface area contributed by atoms with Gasteiger partial charge in [0.25, 0.3) is 0 Å². The fourth-order valence-electron chi connectivity index (χ4n) is 1.49. The van der Waals surface area contributed by atoms with Crippen LogP contribution >= 0.6 is 0 Å². The molecule has 0 radical (unpaired) electrons. The van der Waals surface area contributed by atoms with Gasteiger partial charge >= 0.3 is 6.09 Å². The van der Waals surface area contributed by atoms with Gasteiger partial charge in [-0.05, 0) is 29.5 Å². The van der Waals surface area contributed by atoms with E-state index in [1.807, 2.05) is 24.3 Å². The molecule has 3 nitrogen and oxygen atoms in total. The second kappa shape index (κ2) is 5.01. The summed E-state index contributed by atoms with van der Waals surface area (Å²) in [7, 11) is 1.35. The van der Waals surface area contributed by atoms with Gasteiger partial charge in [-0.25, -0.2) is 4.79 Å². The summed E-state index contributed by atoms with van der Waals surface area (Å²) in [5.41, 5.74) is 2.30. The van der Waals surface area contributed by atoms with Crippen LogP contribution in [0.3, 0.4) is 0 Å². The van der Waals surface area contributed by atoms with Crippen molar-refractivity contribution < 1.29 is 9.53 Å².